The van der Waals surface area contributed by atoms with Gasteiger partial charge in [-0.2, -0.15) is 0 Å². The Kier molecular flexibility index (Phi) is 5.16. The fourth-order valence-electron chi connectivity index (χ4n) is 7.01. The van der Waals surface area contributed by atoms with E-state index in [-0.39, 0.29) is 0 Å². The van der Waals surface area contributed by atoms with Crippen LogP contribution in [0.5, 0.6) is 0 Å². The van der Waals surface area contributed by atoms with Crippen molar-refractivity contribution in [3.8, 4) is 28.3 Å². The highest BCUT2D eigenvalue weighted by Crippen LogP contribution is 2.44. The van der Waals surface area contributed by atoms with Crippen LogP contribution >= 0.6 is 11.3 Å². The van der Waals surface area contributed by atoms with Crippen molar-refractivity contribution in [2.75, 3.05) is 0 Å². The maximum atomic E-state index is 6.79. The molecule has 0 N–H and O–H groups in total. The van der Waals surface area contributed by atoms with Crippen LogP contribution in [-0.2, 0) is 0 Å². The predicted octanol–water partition coefficient (Wildman–Crippen LogP) is 11.8. The quantitative estimate of drug-likeness (QED) is 0.204. The number of fused-ring (bicyclic) bond motifs is 10. The van der Waals surface area contributed by atoms with E-state index in [1.54, 1.807) is 0 Å². The number of benzene rings is 7. The summed E-state index contributed by atoms with van der Waals surface area (Å²) in [5.74, 6) is 0.626. The van der Waals surface area contributed by atoms with Crippen molar-refractivity contribution in [3.63, 3.8) is 0 Å². The minimum atomic E-state index is 0.626. The van der Waals surface area contributed by atoms with Crippen LogP contribution in [0.3, 0.4) is 0 Å². The van der Waals surface area contributed by atoms with Gasteiger partial charge in [-0.15, -0.1) is 11.3 Å². The highest BCUT2D eigenvalue weighted by Gasteiger charge is 2.21. The number of hydrogen-bond acceptors (Lipinski definition) is 3. The molecule has 0 aliphatic rings. The van der Waals surface area contributed by atoms with Gasteiger partial charge < -0.3 is 8.98 Å². The lowest BCUT2D eigenvalue weighted by atomic mass is 10.0. The molecule has 0 atom stereocenters. The number of thiophene rings is 1. The number of aromatic nitrogens is 2. The maximum absolute atomic E-state index is 6.79. The van der Waals surface area contributed by atoms with E-state index in [1.165, 1.54) is 41.8 Å². The van der Waals surface area contributed by atoms with E-state index >= 15 is 0 Å². The van der Waals surface area contributed by atoms with Gasteiger partial charge in [0.25, 0.3) is 0 Å². The molecule has 3 nitrogen and oxygen atoms in total. The van der Waals surface area contributed by atoms with Gasteiger partial charge in [-0.3, -0.25) is 0 Å². The maximum Gasteiger partial charge on any atom is 0.227 e. The topological polar surface area (TPSA) is 31.0 Å². The molecule has 3 aromatic heterocycles. The Morgan fingerprint density at radius 1 is 0.533 bits per heavy atom. The molecule has 0 fully saturated rings. The van der Waals surface area contributed by atoms with Gasteiger partial charge >= 0.3 is 0 Å². The normalized spacial score (nSPS) is 12.0. The highest BCUT2D eigenvalue weighted by atomic mass is 32.1. The molecule has 0 unspecified atom stereocenters. The zero-order valence-corrected chi connectivity index (χ0v) is 24.9. The van der Waals surface area contributed by atoms with Crippen LogP contribution in [-0.4, -0.2) is 9.55 Å². The second-order valence-corrected chi connectivity index (χ2v) is 12.6. The molecule has 0 amide bonds. The van der Waals surface area contributed by atoms with Gasteiger partial charge in [0.1, 0.15) is 5.52 Å². The van der Waals surface area contributed by atoms with E-state index in [2.05, 4.69) is 150 Å². The predicted molar refractivity (Wildman–Crippen MR) is 190 cm³/mol. The van der Waals surface area contributed by atoms with Gasteiger partial charge in [-0.25, -0.2) is 4.98 Å². The standard InChI is InChI=1S/C41H24N2OS/c1-3-11-25(12-4-1)32-24-36-38(31-17-9-10-18-35(31)45-36)39-40(32)44-41(42-39)27-19-21-30-34(23-27)43(28-14-5-2-6-15-28)33-22-20-26-13-7-8-16-29(26)37(30)33/h1-24H. The lowest BCUT2D eigenvalue weighted by Gasteiger charge is -2.08. The lowest BCUT2D eigenvalue weighted by molar-refractivity contribution is 0.621. The molecule has 0 saturated carbocycles. The Bertz CT molecular complexity index is 2750. The molecule has 0 spiro atoms. The number of para-hydroxylation sites is 1. The van der Waals surface area contributed by atoms with Gasteiger partial charge in [-0.05, 0) is 58.8 Å². The second kappa shape index (κ2) is 9.39. The summed E-state index contributed by atoms with van der Waals surface area (Å²) in [6, 6.07) is 51.7. The number of rotatable bonds is 3. The highest BCUT2D eigenvalue weighted by molar-refractivity contribution is 7.26. The van der Waals surface area contributed by atoms with Crippen molar-refractivity contribution in [1.29, 1.82) is 0 Å². The summed E-state index contributed by atoms with van der Waals surface area (Å²) >= 11 is 1.81. The summed E-state index contributed by atoms with van der Waals surface area (Å²) < 4.78 is 11.6. The molecular formula is C41H24N2OS. The average Bonchev–Trinajstić information content (AvgIpc) is 3.80. The SMILES string of the molecule is c1ccc(-c2cc3sc4ccccc4c3c3nc(-c4ccc5c6c7ccccc7ccc6n(-c6ccccc6)c5c4)oc23)cc1. The molecule has 0 bridgehead atoms. The summed E-state index contributed by atoms with van der Waals surface area (Å²) in [6.07, 6.45) is 0. The summed E-state index contributed by atoms with van der Waals surface area (Å²) in [4.78, 5) is 5.26. The Balaban J connectivity index is 1.29. The third-order valence-corrected chi connectivity index (χ3v) is 10.1. The first-order valence-corrected chi connectivity index (χ1v) is 16.0. The molecule has 0 aliphatic heterocycles. The molecule has 0 saturated heterocycles. The number of oxazole rings is 1. The van der Waals surface area contributed by atoms with Crippen LogP contribution in [0.15, 0.2) is 150 Å². The largest absolute Gasteiger partial charge is 0.435 e. The number of hydrogen-bond donors (Lipinski definition) is 0. The monoisotopic (exact) mass is 592 g/mol. The van der Waals surface area contributed by atoms with Crippen LogP contribution in [0, 0.1) is 0 Å². The fraction of sp³-hybridized carbons (Fsp3) is 0. The zero-order chi connectivity index (χ0) is 29.5. The Morgan fingerprint density at radius 2 is 1.29 bits per heavy atom. The van der Waals surface area contributed by atoms with Gasteiger partial charge in [0, 0.05) is 47.8 Å². The van der Waals surface area contributed by atoms with Crippen LogP contribution in [0.4, 0.5) is 0 Å². The first-order chi connectivity index (χ1) is 22.3. The summed E-state index contributed by atoms with van der Waals surface area (Å²) in [7, 11) is 0. The molecule has 3 heterocycles. The van der Waals surface area contributed by atoms with E-state index < -0.39 is 0 Å². The van der Waals surface area contributed by atoms with E-state index in [1.807, 2.05) is 11.3 Å². The molecule has 0 radical (unpaired) electrons. The zero-order valence-electron chi connectivity index (χ0n) is 24.1. The number of nitrogens with zero attached hydrogens (tertiary/aromatic N) is 2. The Hall–Kier alpha value is -5.71. The molecule has 0 aliphatic carbocycles. The third kappa shape index (κ3) is 3.60. The fourth-order valence-corrected chi connectivity index (χ4v) is 8.16. The first-order valence-electron chi connectivity index (χ1n) is 15.1. The molecule has 210 valence electrons. The van der Waals surface area contributed by atoms with Crippen molar-refractivity contribution in [3.05, 3.63) is 146 Å². The van der Waals surface area contributed by atoms with E-state index in [0.29, 0.717) is 5.89 Å². The van der Waals surface area contributed by atoms with Crippen molar-refractivity contribution in [2.45, 2.75) is 0 Å². The van der Waals surface area contributed by atoms with Gasteiger partial charge in [0.15, 0.2) is 5.58 Å². The van der Waals surface area contributed by atoms with Crippen LogP contribution < -0.4 is 0 Å². The third-order valence-electron chi connectivity index (χ3n) is 9.01. The Morgan fingerprint density at radius 3 is 2.16 bits per heavy atom. The minimum Gasteiger partial charge on any atom is -0.435 e. The van der Waals surface area contributed by atoms with Gasteiger partial charge in [0.05, 0.1) is 11.0 Å². The van der Waals surface area contributed by atoms with E-state index in [9.17, 15) is 0 Å². The summed E-state index contributed by atoms with van der Waals surface area (Å²) in [6.45, 7) is 0. The summed E-state index contributed by atoms with van der Waals surface area (Å²) in [5, 5.41) is 7.33. The minimum absolute atomic E-state index is 0.626. The van der Waals surface area contributed by atoms with E-state index in [0.717, 1.165) is 44.4 Å². The van der Waals surface area contributed by atoms with Crippen molar-refractivity contribution >= 4 is 75.2 Å². The summed E-state index contributed by atoms with van der Waals surface area (Å²) in [5.41, 5.74) is 8.31. The van der Waals surface area contributed by atoms with Gasteiger partial charge in [0.2, 0.25) is 5.89 Å². The Labute approximate surface area is 262 Å². The lowest BCUT2D eigenvalue weighted by Crippen LogP contribution is -1.93. The molecule has 7 aromatic carbocycles. The molecular weight excluding hydrogens is 569 g/mol. The molecule has 45 heavy (non-hydrogen) atoms. The molecule has 10 rings (SSSR count). The van der Waals surface area contributed by atoms with Crippen molar-refractivity contribution < 1.29 is 4.42 Å². The van der Waals surface area contributed by atoms with Crippen LogP contribution in [0.1, 0.15) is 0 Å². The molecule has 4 heteroatoms. The van der Waals surface area contributed by atoms with Crippen LogP contribution in [0.2, 0.25) is 0 Å². The smallest absolute Gasteiger partial charge is 0.227 e. The van der Waals surface area contributed by atoms with Crippen LogP contribution in [0.25, 0.3) is 92.1 Å². The first kappa shape index (κ1) is 24.7. The van der Waals surface area contributed by atoms with Crippen molar-refractivity contribution in [1.82, 2.24) is 9.55 Å². The molecule has 10 aromatic rings. The van der Waals surface area contributed by atoms with Gasteiger partial charge in [-0.1, -0.05) is 103 Å². The van der Waals surface area contributed by atoms with Crippen molar-refractivity contribution in [2.24, 2.45) is 0 Å². The average molecular weight is 593 g/mol. The second-order valence-electron chi connectivity index (χ2n) is 11.5. The van der Waals surface area contributed by atoms with E-state index in [4.69, 9.17) is 9.40 Å².